The normalized spacial score (nSPS) is 23.0. The Bertz CT molecular complexity index is 399. The standard InChI is InChI=1S/C15H23N3O/c1-16-14(19)15(8-2-3-10-18-15)9-4-5-13-6-11-17-12-7-13/h6-7,11-12,18H,2-5,8-10H2,1H3,(H,16,19). The van der Waals surface area contributed by atoms with Gasteiger partial charge in [0.2, 0.25) is 5.91 Å². The third kappa shape index (κ3) is 3.53. The molecule has 1 fully saturated rings. The van der Waals surface area contributed by atoms with Crippen LogP contribution in [0.25, 0.3) is 0 Å². The molecular formula is C15H23N3O. The number of pyridine rings is 1. The number of hydrogen-bond acceptors (Lipinski definition) is 3. The second kappa shape index (κ2) is 6.66. The first-order chi connectivity index (χ1) is 9.27. The highest BCUT2D eigenvalue weighted by Crippen LogP contribution is 2.25. The van der Waals surface area contributed by atoms with Gasteiger partial charge < -0.3 is 10.6 Å². The van der Waals surface area contributed by atoms with Crippen LogP contribution in [0.15, 0.2) is 24.5 Å². The molecule has 1 aliphatic heterocycles. The minimum atomic E-state index is -0.347. The van der Waals surface area contributed by atoms with Crippen LogP contribution in [0.5, 0.6) is 0 Å². The Labute approximate surface area is 115 Å². The Morgan fingerprint density at radius 1 is 1.42 bits per heavy atom. The van der Waals surface area contributed by atoms with Gasteiger partial charge in [-0.25, -0.2) is 0 Å². The number of amides is 1. The first-order valence-electron chi connectivity index (χ1n) is 7.13. The summed E-state index contributed by atoms with van der Waals surface area (Å²) in [5.41, 5.74) is 0.942. The van der Waals surface area contributed by atoms with Crippen molar-refractivity contribution < 1.29 is 4.79 Å². The number of carbonyl (C=O) groups is 1. The fourth-order valence-electron chi connectivity index (χ4n) is 2.87. The molecule has 104 valence electrons. The number of nitrogens with one attached hydrogen (secondary N) is 2. The maximum atomic E-state index is 12.1. The van der Waals surface area contributed by atoms with Crippen molar-refractivity contribution in [3.05, 3.63) is 30.1 Å². The number of aryl methyl sites for hydroxylation is 1. The molecule has 1 unspecified atom stereocenters. The molecule has 4 heteroatoms. The fourth-order valence-corrected chi connectivity index (χ4v) is 2.87. The summed E-state index contributed by atoms with van der Waals surface area (Å²) in [6.07, 6.45) is 9.82. The van der Waals surface area contributed by atoms with Gasteiger partial charge in [0.05, 0.1) is 5.54 Å². The molecule has 0 aromatic carbocycles. The number of aromatic nitrogens is 1. The molecular weight excluding hydrogens is 238 g/mol. The summed E-state index contributed by atoms with van der Waals surface area (Å²) in [6, 6.07) is 4.09. The molecule has 1 aromatic heterocycles. The van der Waals surface area contributed by atoms with Crippen LogP contribution in [-0.2, 0) is 11.2 Å². The van der Waals surface area contributed by atoms with Gasteiger partial charge >= 0.3 is 0 Å². The monoisotopic (exact) mass is 261 g/mol. The minimum absolute atomic E-state index is 0.141. The molecule has 1 amide bonds. The van der Waals surface area contributed by atoms with Crippen LogP contribution in [0.4, 0.5) is 0 Å². The Morgan fingerprint density at radius 3 is 2.84 bits per heavy atom. The van der Waals surface area contributed by atoms with Crippen molar-refractivity contribution in [2.24, 2.45) is 0 Å². The van der Waals surface area contributed by atoms with Crippen LogP contribution in [0.3, 0.4) is 0 Å². The van der Waals surface area contributed by atoms with Gasteiger partial charge in [-0.2, -0.15) is 0 Å². The zero-order valence-electron chi connectivity index (χ0n) is 11.6. The third-order valence-electron chi connectivity index (χ3n) is 3.97. The van der Waals surface area contributed by atoms with Crippen molar-refractivity contribution in [2.75, 3.05) is 13.6 Å². The van der Waals surface area contributed by atoms with Crippen molar-refractivity contribution >= 4 is 5.91 Å². The number of hydrogen-bond donors (Lipinski definition) is 2. The summed E-state index contributed by atoms with van der Waals surface area (Å²) in [4.78, 5) is 16.2. The van der Waals surface area contributed by atoms with E-state index in [1.54, 1.807) is 7.05 Å². The van der Waals surface area contributed by atoms with E-state index in [1.165, 1.54) is 12.0 Å². The van der Waals surface area contributed by atoms with Crippen LogP contribution in [0.1, 0.15) is 37.7 Å². The zero-order chi connectivity index (χ0) is 13.6. The van der Waals surface area contributed by atoms with E-state index in [1.807, 2.05) is 24.5 Å². The second-order valence-corrected chi connectivity index (χ2v) is 5.25. The molecule has 1 aromatic rings. The average molecular weight is 261 g/mol. The quantitative estimate of drug-likeness (QED) is 0.847. The van der Waals surface area contributed by atoms with E-state index in [0.29, 0.717) is 0 Å². The molecule has 0 aliphatic carbocycles. The number of carbonyl (C=O) groups excluding carboxylic acids is 1. The number of rotatable bonds is 5. The first-order valence-corrected chi connectivity index (χ1v) is 7.13. The predicted molar refractivity (Wildman–Crippen MR) is 75.8 cm³/mol. The van der Waals surface area contributed by atoms with Crippen LogP contribution >= 0.6 is 0 Å². The fraction of sp³-hybridized carbons (Fsp3) is 0.600. The van der Waals surface area contributed by atoms with E-state index in [2.05, 4.69) is 15.6 Å². The number of likely N-dealkylation sites (N-methyl/N-ethyl adjacent to an activating group) is 1. The van der Waals surface area contributed by atoms with Crippen LogP contribution in [-0.4, -0.2) is 30.0 Å². The van der Waals surface area contributed by atoms with Crippen molar-refractivity contribution in [1.29, 1.82) is 0 Å². The Morgan fingerprint density at radius 2 is 2.21 bits per heavy atom. The summed E-state index contributed by atoms with van der Waals surface area (Å²) in [5.74, 6) is 0.141. The van der Waals surface area contributed by atoms with E-state index in [0.717, 1.165) is 38.6 Å². The summed E-state index contributed by atoms with van der Waals surface area (Å²) in [5, 5.41) is 6.26. The van der Waals surface area contributed by atoms with Gasteiger partial charge in [0, 0.05) is 19.4 Å². The lowest BCUT2D eigenvalue weighted by molar-refractivity contribution is -0.128. The molecule has 0 saturated carbocycles. The molecule has 0 radical (unpaired) electrons. The molecule has 4 nitrogen and oxygen atoms in total. The Kier molecular flexibility index (Phi) is 4.91. The molecule has 1 saturated heterocycles. The lowest BCUT2D eigenvalue weighted by Gasteiger charge is -2.36. The molecule has 0 spiro atoms. The van der Waals surface area contributed by atoms with Gasteiger partial charge in [0.1, 0.15) is 0 Å². The summed E-state index contributed by atoms with van der Waals surface area (Å²) in [7, 11) is 1.73. The Hall–Kier alpha value is -1.42. The first kappa shape index (κ1) is 14.0. The van der Waals surface area contributed by atoms with E-state index >= 15 is 0 Å². The van der Waals surface area contributed by atoms with Gasteiger partial charge in [-0.15, -0.1) is 0 Å². The van der Waals surface area contributed by atoms with E-state index in [9.17, 15) is 4.79 Å². The van der Waals surface area contributed by atoms with Gasteiger partial charge in [-0.1, -0.05) is 0 Å². The topological polar surface area (TPSA) is 54.0 Å². The molecule has 0 bridgehead atoms. The molecule has 1 atom stereocenters. The SMILES string of the molecule is CNC(=O)C1(CCCc2ccncc2)CCCCN1. The molecule has 2 N–H and O–H groups in total. The highest BCUT2D eigenvalue weighted by atomic mass is 16.2. The van der Waals surface area contributed by atoms with Crippen molar-refractivity contribution in [2.45, 2.75) is 44.1 Å². The Balaban J connectivity index is 1.91. The minimum Gasteiger partial charge on any atom is -0.358 e. The lowest BCUT2D eigenvalue weighted by atomic mass is 9.83. The van der Waals surface area contributed by atoms with Crippen molar-refractivity contribution in [3.63, 3.8) is 0 Å². The second-order valence-electron chi connectivity index (χ2n) is 5.25. The predicted octanol–water partition coefficient (Wildman–Crippen LogP) is 1.66. The van der Waals surface area contributed by atoms with Crippen molar-refractivity contribution in [1.82, 2.24) is 15.6 Å². The summed E-state index contributed by atoms with van der Waals surface area (Å²) < 4.78 is 0. The maximum Gasteiger partial charge on any atom is 0.240 e. The van der Waals surface area contributed by atoms with E-state index in [-0.39, 0.29) is 11.4 Å². The average Bonchev–Trinajstić information content (AvgIpc) is 2.48. The highest BCUT2D eigenvalue weighted by molar-refractivity contribution is 5.86. The third-order valence-corrected chi connectivity index (χ3v) is 3.97. The highest BCUT2D eigenvalue weighted by Gasteiger charge is 2.37. The van der Waals surface area contributed by atoms with Gasteiger partial charge in [0.15, 0.2) is 0 Å². The maximum absolute atomic E-state index is 12.1. The zero-order valence-corrected chi connectivity index (χ0v) is 11.6. The molecule has 2 rings (SSSR count). The van der Waals surface area contributed by atoms with Gasteiger partial charge in [0.25, 0.3) is 0 Å². The summed E-state index contributed by atoms with van der Waals surface area (Å²) in [6.45, 7) is 0.947. The number of piperidine rings is 1. The summed E-state index contributed by atoms with van der Waals surface area (Å²) >= 11 is 0. The van der Waals surface area contributed by atoms with E-state index < -0.39 is 0 Å². The number of nitrogens with zero attached hydrogens (tertiary/aromatic N) is 1. The largest absolute Gasteiger partial charge is 0.358 e. The lowest BCUT2D eigenvalue weighted by Crippen LogP contribution is -2.58. The van der Waals surface area contributed by atoms with Crippen molar-refractivity contribution in [3.8, 4) is 0 Å². The van der Waals surface area contributed by atoms with Gasteiger partial charge in [-0.05, 0) is 62.8 Å². The smallest absolute Gasteiger partial charge is 0.240 e. The molecule has 19 heavy (non-hydrogen) atoms. The van der Waals surface area contributed by atoms with E-state index in [4.69, 9.17) is 0 Å². The van der Waals surface area contributed by atoms with Crippen LogP contribution < -0.4 is 10.6 Å². The molecule has 1 aliphatic rings. The van der Waals surface area contributed by atoms with Crippen LogP contribution in [0, 0.1) is 0 Å². The van der Waals surface area contributed by atoms with Crippen LogP contribution in [0.2, 0.25) is 0 Å². The van der Waals surface area contributed by atoms with Gasteiger partial charge in [-0.3, -0.25) is 9.78 Å². The molecule has 2 heterocycles.